The molecule has 20 heavy (non-hydrogen) atoms. The first kappa shape index (κ1) is 17.3. The summed E-state index contributed by atoms with van der Waals surface area (Å²) < 4.78 is 4.93. The van der Waals surface area contributed by atoms with Crippen LogP contribution in [0.3, 0.4) is 0 Å². The first-order chi connectivity index (χ1) is 9.42. The van der Waals surface area contributed by atoms with E-state index in [0.29, 0.717) is 6.42 Å². The molecule has 8 nitrogen and oxygen atoms in total. The molecule has 1 saturated heterocycles. The highest BCUT2D eigenvalue weighted by molar-refractivity contribution is 5.81. The third kappa shape index (κ3) is 4.11. The number of amides is 1. The maximum Gasteiger partial charge on any atom is 0.237 e. The normalized spacial score (nSPS) is 35.6. The van der Waals surface area contributed by atoms with Crippen molar-refractivity contribution in [1.82, 2.24) is 5.32 Å². The molecular weight excluding hydrogens is 268 g/mol. The molecule has 6 atom stereocenters. The van der Waals surface area contributed by atoms with Gasteiger partial charge < -0.3 is 36.2 Å². The molecule has 0 saturated carbocycles. The van der Waals surface area contributed by atoms with E-state index in [0.717, 1.165) is 12.8 Å². The molecule has 0 aromatic rings. The third-order valence-electron chi connectivity index (χ3n) is 3.41. The zero-order chi connectivity index (χ0) is 15.3. The molecule has 0 aliphatic carbocycles. The lowest BCUT2D eigenvalue weighted by Crippen LogP contribution is -2.65. The van der Waals surface area contributed by atoms with Crippen molar-refractivity contribution in [3.8, 4) is 0 Å². The first-order valence-electron chi connectivity index (χ1n) is 6.78. The van der Waals surface area contributed by atoms with Crippen LogP contribution in [-0.2, 0) is 9.53 Å². The van der Waals surface area contributed by atoms with Gasteiger partial charge in [-0.25, -0.2) is 0 Å². The predicted molar refractivity (Wildman–Crippen MR) is 69.4 cm³/mol. The van der Waals surface area contributed by atoms with Crippen molar-refractivity contribution in [2.45, 2.75) is 62.9 Å². The van der Waals surface area contributed by atoms with E-state index in [1.807, 2.05) is 6.92 Å². The Kier molecular flexibility index (Phi) is 6.80. The molecule has 118 valence electrons. The van der Waals surface area contributed by atoms with Crippen LogP contribution in [0.1, 0.15) is 26.2 Å². The summed E-state index contributed by atoms with van der Waals surface area (Å²) in [5.41, 5.74) is 5.68. The van der Waals surface area contributed by atoms with Gasteiger partial charge in [-0.05, 0) is 6.42 Å². The number of aliphatic hydroxyl groups is 4. The average Bonchev–Trinajstić information content (AvgIpc) is 2.44. The SMILES string of the molecule is CCCCC(N)C(=O)NC1C(O)OC(CO)C(O)C1O. The monoisotopic (exact) mass is 292 g/mol. The van der Waals surface area contributed by atoms with E-state index in [2.05, 4.69) is 5.32 Å². The highest BCUT2D eigenvalue weighted by atomic mass is 16.6. The Hall–Kier alpha value is -0.770. The van der Waals surface area contributed by atoms with E-state index in [9.17, 15) is 20.1 Å². The van der Waals surface area contributed by atoms with E-state index in [1.165, 1.54) is 0 Å². The number of rotatable bonds is 6. The van der Waals surface area contributed by atoms with Crippen molar-refractivity contribution in [2.75, 3.05) is 6.61 Å². The van der Waals surface area contributed by atoms with E-state index >= 15 is 0 Å². The fourth-order valence-electron chi connectivity index (χ4n) is 2.08. The van der Waals surface area contributed by atoms with Crippen molar-refractivity contribution in [1.29, 1.82) is 0 Å². The number of unbranched alkanes of at least 4 members (excludes halogenated alkanes) is 1. The molecule has 7 N–H and O–H groups in total. The lowest BCUT2D eigenvalue weighted by atomic mass is 9.96. The molecule has 1 fully saturated rings. The molecule has 6 unspecified atom stereocenters. The Bertz CT molecular complexity index is 316. The summed E-state index contributed by atoms with van der Waals surface area (Å²) in [5, 5.41) is 40.6. The first-order valence-corrected chi connectivity index (χ1v) is 6.78. The van der Waals surface area contributed by atoms with Crippen molar-refractivity contribution in [3.63, 3.8) is 0 Å². The molecule has 1 aliphatic rings. The van der Waals surface area contributed by atoms with Gasteiger partial charge in [0.25, 0.3) is 0 Å². The summed E-state index contributed by atoms with van der Waals surface area (Å²) in [6.07, 6.45) is -3.29. The number of nitrogens with one attached hydrogen (secondary N) is 1. The highest BCUT2D eigenvalue weighted by Gasteiger charge is 2.44. The summed E-state index contributed by atoms with van der Waals surface area (Å²) in [7, 11) is 0. The number of aliphatic hydroxyl groups excluding tert-OH is 4. The van der Waals surface area contributed by atoms with Crippen LogP contribution < -0.4 is 11.1 Å². The topological polar surface area (TPSA) is 145 Å². The van der Waals surface area contributed by atoms with E-state index in [-0.39, 0.29) is 0 Å². The van der Waals surface area contributed by atoms with Crippen LogP contribution in [-0.4, -0.2) is 69.6 Å². The van der Waals surface area contributed by atoms with E-state index in [1.54, 1.807) is 0 Å². The Morgan fingerprint density at radius 3 is 2.55 bits per heavy atom. The van der Waals surface area contributed by atoms with Crippen LogP contribution in [0, 0.1) is 0 Å². The number of carbonyl (C=O) groups is 1. The maximum absolute atomic E-state index is 11.8. The second-order valence-electron chi connectivity index (χ2n) is 5.01. The predicted octanol–water partition coefficient (Wildman–Crippen LogP) is -2.58. The van der Waals surface area contributed by atoms with Gasteiger partial charge in [-0.3, -0.25) is 4.79 Å². The third-order valence-corrected chi connectivity index (χ3v) is 3.41. The standard InChI is InChI=1S/C12H24N2O6/c1-2-3-4-6(13)11(18)14-8-10(17)9(16)7(5-15)20-12(8)19/h6-10,12,15-17,19H,2-5,13H2,1H3,(H,14,18). The largest absolute Gasteiger partial charge is 0.394 e. The van der Waals surface area contributed by atoms with Gasteiger partial charge in [0.2, 0.25) is 5.91 Å². The lowest BCUT2D eigenvalue weighted by Gasteiger charge is -2.40. The minimum atomic E-state index is -1.52. The van der Waals surface area contributed by atoms with Crippen LogP contribution in [0.2, 0.25) is 0 Å². The summed E-state index contributed by atoms with van der Waals surface area (Å²) in [6.45, 7) is 1.42. The molecule has 1 rings (SSSR count). The van der Waals surface area contributed by atoms with Gasteiger partial charge in [0.05, 0.1) is 12.6 Å². The number of hydrogen-bond acceptors (Lipinski definition) is 7. The molecule has 8 heteroatoms. The molecule has 0 aromatic carbocycles. The van der Waals surface area contributed by atoms with Gasteiger partial charge in [-0.1, -0.05) is 19.8 Å². The van der Waals surface area contributed by atoms with Gasteiger partial charge in [0.15, 0.2) is 6.29 Å². The molecule has 1 heterocycles. The van der Waals surface area contributed by atoms with E-state index < -0.39 is 49.2 Å². The average molecular weight is 292 g/mol. The fourth-order valence-corrected chi connectivity index (χ4v) is 2.08. The van der Waals surface area contributed by atoms with Crippen LogP contribution in [0.4, 0.5) is 0 Å². The Labute approximate surface area is 117 Å². The highest BCUT2D eigenvalue weighted by Crippen LogP contribution is 2.19. The fraction of sp³-hybridized carbons (Fsp3) is 0.917. The van der Waals surface area contributed by atoms with Gasteiger partial charge in [0, 0.05) is 0 Å². The minimum Gasteiger partial charge on any atom is -0.394 e. The zero-order valence-corrected chi connectivity index (χ0v) is 11.5. The number of hydrogen-bond donors (Lipinski definition) is 6. The van der Waals surface area contributed by atoms with Crippen molar-refractivity contribution in [3.05, 3.63) is 0 Å². The van der Waals surface area contributed by atoms with Crippen LogP contribution in [0.5, 0.6) is 0 Å². The Morgan fingerprint density at radius 1 is 1.35 bits per heavy atom. The Balaban J connectivity index is 2.59. The van der Waals surface area contributed by atoms with Crippen molar-refractivity contribution in [2.24, 2.45) is 5.73 Å². The molecule has 0 spiro atoms. The molecule has 1 amide bonds. The summed E-state index contributed by atoms with van der Waals surface area (Å²) >= 11 is 0. The van der Waals surface area contributed by atoms with Crippen molar-refractivity contribution >= 4 is 5.91 Å². The van der Waals surface area contributed by atoms with Gasteiger partial charge >= 0.3 is 0 Å². The Morgan fingerprint density at radius 2 is 2.00 bits per heavy atom. The van der Waals surface area contributed by atoms with Crippen molar-refractivity contribution < 1.29 is 30.0 Å². The van der Waals surface area contributed by atoms with Crippen LogP contribution >= 0.6 is 0 Å². The van der Waals surface area contributed by atoms with Crippen LogP contribution in [0.25, 0.3) is 0 Å². The second-order valence-corrected chi connectivity index (χ2v) is 5.01. The second kappa shape index (κ2) is 7.87. The van der Waals surface area contributed by atoms with Gasteiger partial charge in [-0.15, -0.1) is 0 Å². The number of carbonyl (C=O) groups excluding carboxylic acids is 1. The molecule has 1 aliphatic heterocycles. The lowest BCUT2D eigenvalue weighted by molar-refractivity contribution is -0.253. The smallest absolute Gasteiger partial charge is 0.237 e. The molecule has 0 radical (unpaired) electrons. The molecular formula is C12H24N2O6. The minimum absolute atomic E-state index is 0.490. The number of nitrogens with two attached hydrogens (primary N) is 1. The molecule has 0 bridgehead atoms. The zero-order valence-electron chi connectivity index (χ0n) is 11.5. The van der Waals surface area contributed by atoms with E-state index in [4.69, 9.17) is 15.6 Å². The maximum atomic E-state index is 11.8. The van der Waals surface area contributed by atoms with Gasteiger partial charge in [0.1, 0.15) is 24.4 Å². The summed E-state index contributed by atoms with van der Waals surface area (Å²) in [5.74, 6) is -0.528. The van der Waals surface area contributed by atoms with Gasteiger partial charge in [-0.2, -0.15) is 0 Å². The molecule has 0 aromatic heterocycles. The quantitative estimate of drug-likeness (QED) is 0.315. The summed E-state index contributed by atoms with van der Waals surface area (Å²) in [6, 6.07) is -1.94. The van der Waals surface area contributed by atoms with Crippen LogP contribution in [0.15, 0.2) is 0 Å². The number of ether oxygens (including phenoxy) is 1. The summed E-state index contributed by atoms with van der Waals surface area (Å²) in [4.78, 5) is 11.8.